The normalized spacial score (nSPS) is 12.6. The predicted octanol–water partition coefficient (Wildman–Crippen LogP) is 5.48. The fraction of sp³-hybridized carbons (Fsp3) is 0.211. The zero-order valence-electron chi connectivity index (χ0n) is 16.0. The predicted molar refractivity (Wildman–Crippen MR) is 99.0 cm³/mol. The van der Waals surface area contributed by atoms with E-state index in [1.807, 2.05) is 0 Å². The number of hydrogen-bond donors (Lipinski definition) is 1. The van der Waals surface area contributed by atoms with Gasteiger partial charge < -0.3 is 5.32 Å². The summed E-state index contributed by atoms with van der Waals surface area (Å²) < 4.78 is 107. The summed E-state index contributed by atoms with van der Waals surface area (Å²) in [5.74, 6) is -5.31. The van der Waals surface area contributed by atoms with Gasteiger partial charge in [-0.05, 0) is 18.2 Å². The van der Waals surface area contributed by atoms with E-state index in [-0.39, 0.29) is 5.69 Å². The molecule has 1 aromatic carbocycles. The van der Waals surface area contributed by atoms with E-state index in [2.05, 4.69) is 10.1 Å². The largest absolute Gasteiger partial charge is 0.419 e. The average Bonchev–Trinajstić information content (AvgIpc) is 3.22. The summed E-state index contributed by atoms with van der Waals surface area (Å²) in [6.45, 7) is -1.44. The molecule has 0 saturated heterocycles. The third kappa shape index (κ3) is 5.41. The van der Waals surface area contributed by atoms with Crippen LogP contribution in [-0.2, 0) is 18.3 Å². The van der Waals surface area contributed by atoms with Crippen LogP contribution >= 0.6 is 11.6 Å². The maximum absolute atomic E-state index is 14.6. The summed E-state index contributed by atoms with van der Waals surface area (Å²) in [5.41, 5.74) is -4.44. The van der Waals surface area contributed by atoms with Gasteiger partial charge in [-0.1, -0.05) is 23.7 Å². The fourth-order valence-electron chi connectivity index (χ4n) is 2.73. The van der Waals surface area contributed by atoms with Crippen molar-refractivity contribution >= 4 is 17.5 Å². The SMILES string of the molecule is O=C(NCC(F)(F)c1ncc(-n2cc(C(F)(F)F)cn2)cc1Cl)c1ccccc1C(F)(F)F. The van der Waals surface area contributed by atoms with Crippen molar-refractivity contribution in [1.29, 1.82) is 0 Å². The van der Waals surface area contributed by atoms with Crippen LogP contribution < -0.4 is 5.32 Å². The first-order valence-electron chi connectivity index (χ1n) is 8.80. The van der Waals surface area contributed by atoms with Gasteiger partial charge in [-0.3, -0.25) is 9.78 Å². The lowest BCUT2D eigenvalue weighted by molar-refractivity contribution is -0.138. The van der Waals surface area contributed by atoms with E-state index < -0.39 is 58.1 Å². The standard InChI is InChI=1S/C19H11ClF8N4O/c20-14-5-11(32-8-10(6-31-32)18(23,24)25)7-29-15(14)17(21,22)9-30-16(33)12-3-1-2-4-13(12)19(26,27)28/h1-8H,9H2,(H,30,33). The number of nitrogens with zero attached hydrogens (tertiary/aromatic N) is 3. The van der Waals surface area contributed by atoms with Crippen LogP contribution in [0.1, 0.15) is 27.2 Å². The van der Waals surface area contributed by atoms with Crippen molar-refractivity contribution in [1.82, 2.24) is 20.1 Å². The Hall–Kier alpha value is -3.22. The number of halogens is 9. The smallest absolute Gasteiger partial charge is 0.346 e. The second-order valence-electron chi connectivity index (χ2n) is 6.63. The molecule has 0 atom stereocenters. The summed E-state index contributed by atoms with van der Waals surface area (Å²) in [6, 6.07) is 4.51. The lowest BCUT2D eigenvalue weighted by Gasteiger charge is -2.19. The Balaban J connectivity index is 1.78. The molecule has 33 heavy (non-hydrogen) atoms. The number of amides is 1. The van der Waals surface area contributed by atoms with Crippen LogP contribution in [0.2, 0.25) is 5.02 Å². The van der Waals surface area contributed by atoms with Gasteiger partial charge in [0, 0.05) is 6.20 Å². The number of carbonyl (C=O) groups excluding carboxylic acids is 1. The molecule has 0 unspecified atom stereocenters. The number of aromatic nitrogens is 3. The second-order valence-corrected chi connectivity index (χ2v) is 7.03. The van der Waals surface area contributed by atoms with Crippen LogP contribution in [0.3, 0.4) is 0 Å². The summed E-state index contributed by atoms with van der Waals surface area (Å²) in [6.07, 6.45) is -7.65. The second kappa shape index (κ2) is 8.61. The van der Waals surface area contributed by atoms with E-state index in [0.717, 1.165) is 35.1 Å². The number of benzene rings is 1. The van der Waals surface area contributed by atoms with Crippen LogP contribution in [0.25, 0.3) is 5.69 Å². The van der Waals surface area contributed by atoms with Crippen LogP contribution in [0.15, 0.2) is 48.9 Å². The Bertz CT molecular complexity index is 1170. The first-order valence-corrected chi connectivity index (χ1v) is 9.18. The number of carbonyl (C=O) groups is 1. The Morgan fingerprint density at radius 3 is 2.24 bits per heavy atom. The van der Waals surface area contributed by atoms with E-state index in [9.17, 15) is 39.9 Å². The van der Waals surface area contributed by atoms with Crippen molar-refractivity contribution in [3.63, 3.8) is 0 Å². The van der Waals surface area contributed by atoms with Crippen molar-refractivity contribution in [2.24, 2.45) is 0 Å². The molecule has 0 aliphatic rings. The summed E-state index contributed by atoms with van der Waals surface area (Å²) >= 11 is 5.81. The lowest BCUT2D eigenvalue weighted by atomic mass is 10.1. The molecule has 0 aliphatic carbocycles. The summed E-state index contributed by atoms with van der Waals surface area (Å²) in [5, 5.41) is 4.52. The zero-order valence-corrected chi connectivity index (χ0v) is 16.7. The molecule has 0 radical (unpaired) electrons. The van der Waals surface area contributed by atoms with E-state index >= 15 is 0 Å². The van der Waals surface area contributed by atoms with E-state index in [1.54, 1.807) is 5.32 Å². The molecule has 0 bridgehead atoms. The molecule has 0 saturated carbocycles. The third-order valence-corrected chi connectivity index (χ3v) is 4.58. The van der Waals surface area contributed by atoms with Crippen molar-refractivity contribution in [2.75, 3.05) is 6.54 Å². The van der Waals surface area contributed by atoms with Gasteiger partial charge in [0.15, 0.2) is 0 Å². The topological polar surface area (TPSA) is 59.8 Å². The minimum atomic E-state index is -4.88. The fourth-order valence-corrected chi connectivity index (χ4v) is 3.03. The average molecular weight is 499 g/mol. The van der Waals surface area contributed by atoms with Gasteiger partial charge in [0.2, 0.25) is 0 Å². The molecule has 14 heteroatoms. The quantitative estimate of drug-likeness (QED) is 0.474. The molecular weight excluding hydrogens is 488 g/mol. The Labute approximate surface area is 185 Å². The number of alkyl halides is 8. The van der Waals surface area contributed by atoms with Crippen LogP contribution in [0.5, 0.6) is 0 Å². The lowest BCUT2D eigenvalue weighted by Crippen LogP contribution is -2.36. The highest BCUT2D eigenvalue weighted by Crippen LogP contribution is 2.34. The van der Waals surface area contributed by atoms with Gasteiger partial charge in [0.05, 0.1) is 46.3 Å². The number of rotatable bonds is 5. The maximum Gasteiger partial charge on any atom is 0.419 e. The van der Waals surface area contributed by atoms with Crippen LogP contribution in [-0.4, -0.2) is 27.2 Å². The molecule has 3 aromatic rings. The molecule has 5 nitrogen and oxygen atoms in total. The molecule has 0 aliphatic heterocycles. The van der Waals surface area contributed by atoms with Gasteiger partial charge in [0.1, 0.15) is 5.69 Å². The number of hydrogen-bond acceptors (Lipinski definition) is 3. The van der Waals surface area contributed by atoms with Crippen LogP contribution in [0, 0.1) is 0 Å². The molecule has 2 aromatic heterocycles. The highest BCUT2D eigenvalue weighted by molar-refractivity contribution is 6.31. The van der Waals surface area contributed by atoms with Crippen LogP contribution in [0.4, 0.5) is 35.1 Å². The molecule has 176 valence electrons. The van der Waals surface area contributed by atoms with Gasteiger partial charge in [-0.15, -0.1) is 0 Å². The maximum atomic E-state index is 14.6. The van der Waals surface area contributed by atoms with Gasteiger partial charge in [-0.25, -0.2) is 4.68 Å². The van der Waals surface area contributed by atoms with Crippen molar-refractivity contribution in [2.45, 2.75) is 18.3 Å². The zero-order chi connectivity index (χ0) is 24.6. The Kier molecular flexibility index (Phi) is 6.37. The minimum absolute atomic E-state index is 0.154. The van der Waals surface area contributed by atoms with Gasteiger partial charge >= 0.3 is 18.3 Å². The summed E-state index contributed by atoms with van der Waals surface area (Å²) in [4.78, 5) is 15.5. The first kappa shape index (κ1) is 24.4. The first-order chi connectivity index (χ1) is 15.2. The molecule has 0 spiro atoms. The van der Waals surface area contributed by atoms with Gasteiger partial charge in [0.25, 0.3) is 5.91 Å². The van der Waals surface area contributed by atoms with Crippen molar-refractivity contribution in [3.8, 4) is 5.69 Å². The van der Waals surface area contributed by atoms with E-state index in [0.29, 0.717) is 18.5 Å². The highest BCUT2D eigenvalue weighted by atomic mass is 35.5. The Morgan fingerprint density at radius 1 is 1.00 bits per heavy atom. The molecule has 1 N–H and O–H groups in total. The Morgan fingerprint density at radius 2 is 1.67 bits per heavy atom. The molecular formula is C19H11ClF8N4O. The van der Waals surface area contributed by atoms with E-state index in [4.69, 9.17) is 11.6 Å². The third-order valence-electron chi connectivity index (χ3n) is 4.30. The molecule has 1 amide bonds. The number of pyridine rings is 1. The monoisotopic (exact) mass is 498 g/mol. The molecule has 2 heterocycles. The minimum Gasteiger partial charge on any atom is -0.346 e. The van der Waals surface area contributed by atoms with Crippen molar-refractivity contribution < 1.29 is 39.9 Å². The molecule has 3 rings (SSSR count). The summed E-state index contributed by atoms with van der Waals surface area (Å²) in [7, 11) is 0. The van der Waals surface area contributed by atoms with E-state index in [1.165, 1.54) is 0 Å². The van der Waals surface area contributed by atoms with Gasteiger partial charge in [-0.2, -0.15) is 40.2 Å². The highest BCUT2D eigenvalue weighted by Gasteiger charge is 2.39. The van der Waals surface area contributed by atoms with Crippen molar-refractivity contribution in [3.05, 3.63) is 76.3 Å². The number of nitrogens with one attached hydrogen (secondary N) is 1. The molecule has 0 fully saturated rings.